The summed E-state index contributed by atoms with van der Waals surface area (Å²) in [4.78, 5) is 39.0. The standard InChI is InChI=1S/C23H21N5O3/c29-20(27-13-11-23(12-14-27)21(30)24-22(31)25-23)18-15-28(17-9-5-2-6-10-17)26-19(18)16-7-3-1-4-8-16/h1-10,15H,11-14H2,(H2,24,25,30,31). The van der Waals surface area contributed by atoms with Gasteiger partial charge in [0.05, 0.1) is 11.3 Å². The van der Waals surface area contributed by atoms with Gasteiger partial charge in [-0.15, -0.1) is 0 Å². The van der Waals surface area contributed by atoms with Gasteiger partial charge in [-0.1, -0.05) is 48.5 Å². The molecule has 2 N–H and O–H groups in total. The molecule has 1 spiro atoms. The van der Waals surface area contributed by atoms with Crippen molar-refractivity contribution in [2.75, 3.05) is 13.1 Å². The number of hydrogen-bond acceptors (Lipinski definition) is 4. The third-order valence-electron chi connectivity index (χ3n) is 5.93. The molecule has 0 atom stereocenters. The largest absolute Gasteiger partial charge is 0.338 e. The van der Waals surface area contributed by atoms with E-state index in [1.807, 2.05) is 60.7 Å². The second kappa shape index (κ2) is 7.39. The average molecular weight is 415 g/mol. The van der Waals surface area contributed by atoms with E-state index in [2.05, 4.69) is 10.6 Å². The molecule has 2 fully saturated rings. The lowest BCUT2D eigenvalue weighted by Crippen LogP contribution is -2.55. The number of imide groups is 1. The minimum Gasteiger partial charge on any atom is -0.338 e. The van der Waals surface area contributed by atoms with Crippen LogP contribution in [0.3, 0.4) is 0 Å². The maximum atomic E-state index is 13.5. The van der Waals surface area contributed by atoms with Crippen LogP contribution in [0, 0.1) is 0 Å². The maximum absolute atomic E-state index is 13.5. The Kier molecular flexibility index (Phi) is 4.54. The van der Waals surface area contributed by atoms with Crippen molar-refractivity contribution in [3.8, 4) is 16.9 Å². The van der Waals surface area contributed by atoms with Crippen molar-refractivity contribution < 1.29 is 14.4 Å². The molecule has 0 bridgehead atoms. The van der Waals surface area contributed by atoms with Crippen LogP contribution >= 0.6 is 0 Å². The number of aromatic nitrogens is 2. The fourth-order valence-corrected chi connectivity index (χ4v) is 4.19. The highest BCUT2D eigenvalue weighted by atomic mass is 16.2. The number of piperidine rings is 1. The summed E-state index contributed by atoms with van der Waals surface area (Å²) in [6, 6.07) is 18.8. The van der Waals surface area contributed by atoms with Crippen LogP contribution in [0.15, 0.2) is 66.9 Å². The minimum atomic E-state index is -0.912. The Morgan fingerprint density at radius 3 is 2.19 bits per heavy atom. The number of carbonyl (C=O) groups excluding carboxylic acids is 3. The number of rotatable bonds is 3. The number of carbonyl (C=O) groups is 3. The van der Waals surface area contributed by atoms with Gasteiger partial charge in [-0.2, -0.15) is 5.10 Å². The molecule has 2 aliphatic rings. The molecule has 3 aromatic rings. The predicted octanol–water partition coefficient (Wildman–Crippen LogP) is 2.35. The summed E-state index contributed by atoms with van der Waals surface area (Å²) in [5.74, 6) is -0.452. The molecule has 5 rings (SSSR count). The Balaban J connectivity index is 1.45. The minimum absolute atomic E-state index is 0.138. The quantitative estimate of drug-likeness (QED) is 0.642. The summed E-state index contributed by atoms with van der Waals surface area (Å²) in [5, 5.41) is 9.73. The van der Waals surface area contributed by atoms with Crippen LogP contribution in [0.4, 0.5) is 4.79 Å². The Labute approximate surface area is 178 Å². The predicted molar refractivity (Wildman–Crippen MR) is 114 cm³/mol. The van der Waals surface area contributed by atoms with Crippen LogP contribution in [-0.2, 0) is 4.79 Å². The summed E-state index contributed by atoms with van der Waals surface area (Å²) in [6.07, 6.45) is 2.52. The first kappa shape index (κ1) is 19.0. The number of hydrogen-bond donors (Lipinski definition) is 2. The van der Waals surface area contributed by atoms with Crippen LogP contribution < -0.4 is 10.6 Å². The summed E-state index contributed by atoms with van der Waals surface area (Å²) >= 11 is 0. The average Bonchev–Trinajstić information content (AvgIpc) is 3.36. The van der Waals surface area contributed by atoms with E-state index in [4.69, 9.17) is 5.10 Å². The third kappa shape index (κ3) is 3.35. The third-order valence-corrected chi connectivity index (χ3v) is 5.93. The Bertz CT molecular complexity index is 1150. The van der Waals surface area contributed by atoms with Crippen molar-refractivity contribution in [2.45, 2.75) is 18.4 Å². The van der Waals surface area contributed by atoms with Crippen LogP contribution in [0.1, 0.15) is 23.2 Å². The molecule has 1 aromatic heterocycles. The fourth-order valence-electron chi connectivity index (χ4n) is 4.19. The number of amides is 4. The molecule has 31 heavy (non-hydrogen) atoms. The smallest absolute Gasteiger partial charge is 0.322 e. The zero-order valence-corrected chi connectivity index (χ0v) is 16.7. The lowest BCUT2D eigenvalue weighted by Gasteiger charge is -2.36. The highest BCUT2D eigenvalue weighted by Gasteiger charge is 2.48. The highest BCUT2D eigenvalue weighted by Crippen LogP contribution is 2.29. The van der Waals surface area contributed by atoms with Gasteiger partial charge in [-0.05, 0) is 25.0 Å². The molecule has 0 unspecified atom stereocenters. The number of benzene rings is 2. The second-order valence-electron chi connectivity index (χ2n) is 7.82. The maximum Gasteiger partial charge on any atom is 0.322 e. The van der Waals surface area contributed by atoms with E-state index < -0.39 is 11.6 Å². The van der Waals surface area contributed by atoms with Crippen molar-refractivity contribution >= 4 is 17.8 Å². The lowest BCUT2D eigenvalue weighted by atomic mass is 9.87. The van der Waals surface area contributed by atoms with Crippen LogP contribution in [0.25, 0.3) is 16.9 Å². The topological polar surface area (TPSA) is 96.3 Å². The zero-order chi connectivity index (χ0) is 21.4. The highest BCUT2D eigenvalue weighted by molar-refractivity contribution is 6.07. The molecule has 2 aromatic carbocycles. The van der Waals surface area contributed by atoms with E-state index in [1.54, 1.807) is 15.8 Å². The normalized spacial score (nSPS) is 17.5. The van der Waals surface area contributed by atoms with Gasteiger partial charge in [-0.25, -0.2) is 9.48 Å². The monoisotopic (exact) mass is 415 g/mol. The fraction of sp³-hybridized carbons (Fsp3) is 0.217. The van der Waals surface area contributed by atoms with E-state index in [-0.39, 0.29) is 11.8 Å². The molecule has 2 aliphatic heterocycles. The number of urea groups is 1. The summed E-state index contributed by atoms with van der Waals surface area (Å²) in [6.45, 7) is 0.745. The number of nitrogens with zero attached hydrogens (tertiary/aromatic N) is 3. The summed E-state index contributed by atoms with van der Waals surface area (Å²) in [7, 11) is 0. The van der Waals surface area contributed by atoms with Gasteiger partial charge in [0.2, 0.25) is 0 Å². The van der Waals surface area contributed by atoms with Crippen LogP contribution in [0.2, 0.25) is 0 Å². The van der Waals surface area contributed by atoms with Crippen LogP contribution in [-0.4, -0.2) is 51.2 Å². The van der Waals surface area contributed by atoms with E-state index in [9.17, 15) is 14.4 Å². The van der Waals surface area contributed by atoms with Crippen molar-refractivity contribution in [3.05, 3.63) is 72.4 Å². The SMILES string of the molecule is O=C1NC(=O)C2(CCN(C(=O)c3cn(-c4ccccc4)nc3-c3ccccc3)CC2)N1. The van der Waals surface area contributed by atoms with Gasteiger partial charge >= 0.3 is 6.03 Å². The van der Waals surface area contributed by atoms with E-state index in [0.29, 0.717) is 37.2 Å². The second-order valence-corrected chi connectivity index (χ2v) is 7.82. The first-order valence-electron chi connectivity index (χ1n) is 10.2. The van der Waals surface area contributed by atoms with Crippen molar-refractivity contribution in [3.63, 3.8) is 0 Å². The van der Waals surface area contributed by atoms with Gasteiger partial charge in [0, 0.05) is 24.8 Å². The Hall–Kier alpha value is -3.94. The number of likely N-dealkylation sites (tertiary alicyclic amines) is 1. The van der Waals surface area contributed by atoms with Gasteiger partial charge in [0.15, 0.2) is 0 Å². The molecular weight excluding hydrogens is 394 g/mol. The van der Waals surface area contributed by atoms with E-state index in [0.717, 1.165) is 11.3 Å². The van der Waals surface area contributed by atoms with Gasteiger partial charge in [0.25, 0.3) is 11.8 Å². The molecule has 156 valence electrons. The van der Waals surface area contributed by atoms with E-state index >= 15 is 0 Å². The van der Waals surface area contributed by atoms with Crippen LogP contribution in [0.5, 0.6) is 0 Å². The van der Waals surface area contributed by atoms with Gasteiger partial charge in [0.1, 0.15) is 11.2 Å². The lowest BCUT2D eigenvalue weighted by molar-refractivity contribution is -0.125. The molecule has 2 saturated heterocycles. The van der Waals surface area contributed by atoms with Crippen molar-refractivity contribution in [1.29, 1.82) is 0 Å². The summed E-state index contributed by atoms with van der Waals surface area (Å²) in [5.41, 5.74) is 1.93. The molecule has 8 nitrogen and oxygen atoms in total. The number of para-hydroxylation sites is 1. The Morgan fingerprint density at radius 1 is 0.935 bits per heavy atom. The Morgan fingerprint density at radius 2 is 1.58 bits per heavy atom. The van der Waals surface area contributed by atoms with E-state index in [1.165, 1.54) is 0 Å². The van der Waals surface area contributed by atoms with Crippen molar-refractivity contribution in [1.82, 2.24) is 25.3 Å². The summed E-state index contributed by atoms with van der Waals surface area (Å²) < 4.78 is 1.71. The molecule has 4 amide bonds. The molecular formula is C23H21N5O3. The molecule has 0 aliphatic carbocycles. The molecule has 3 heterocycles. The van der Waals surface area contributed by atoms with Gasteiger partial charge < -0.3 is 10.2 Å². The first-order valence-corrected chi connectivity index (χ1v) is 10.2. The molecule has 8 heteroatoms. The molecule has 0 saturated carbocycles. The van der Waals surface area contributed by atoms with Crippen molar-refractivity contribution in [2.24, 2.45) is 0 Å². The van der Waals surface area contributed by atoms with Gasteiger partial charge in [-0.3, -0.25) is 14.9 Å². The number of nitrogens with one attached hydrogen (secondary N) is 2. The first-order chi connectivity index (χ1) is 15.1. The zero-order valence-electron chi connectivity index (χ0n) is 16.7. The molecule has 0 radical (unpaired) electrons.